The van der Waals surface area contributed by atoms with Gasteiger partial charge in [0.25, 0.3) is 0 Å². The predicted octanol–water partition coefficient (Wildman–Crippen LogP) is 2.87. The lowest BCUT2D eigenvalue weighted by molar-refractivity contribution is -0.135. The van der Waals surface area contributed by atoms with Gasteiger partial charge in [0.05, 0.1) is 6.04 Å². The van der Waals surface area contributed by atoms with Crippen molar-refractivity contribution in [1.29, 1.82) is 0 Å². The average molecular weight is 399 g/mol. The number of rotatable bonds is 5. The van der Waals surface area contributed by atoms with Gasteiger partial charge in [-0.1, -0.05) is 15.9 Å². The second-order valence-electron chi connectivity index (χ2n) is 5.93. The van der Waals surface area contributed by atoms with Gasteiger partial charge in [0.15, 0.2) is 0 Å². The Kier molecular flexibility index (Phi) is 6.25. The van der Waals surface area contributed by atoms with Crippen LogP contribution < -0.4 is 4.74 Å². The first-order valence-corrected chi connectivity index (χ1v) is 10.2. The first-order valence-electron chi connectivity index (χ1n) is 8.23. The van der Waals surface area contributed by atoms with Crippen molar-refractivity contribution in [3.8, 4) is 5.75 Å². The standard InChI is InChI=1S/C17H23BrN2O2S/c18-14-3-5-15(6-4-14)22-11-8-19-7-1-2-16(19)17(21)20-9-12-23-13-10-20/h3-6,16H,1-2,7-13H2. The molecule has 1 atom stereocenters. The number of carbonyl (C=O) groups excluding carboxylic acids is 1. The lowest BCUT2D eigenvalue weighted by Gasteiger charge is -2.32. The Hall–Kier alpha value is -0.720. The molecule has 2 fully saturated rings. The van der Waals surface area contributed by atoms with Gasteiger partial charge in [-0.15, -0.1) is 0 Å². The number of hydrogen-bond donors (Lipinski definition) is 0. The molecule has 126 valence electrons. The van der Waals surface area contributed by atoms with Crippen molar-refractivity contribution in [3.05, 3.63) is 28.7 Å². The fourth-order valence-electron chi connectivity index (χ4n) is 3.18. The molecule has 0 radical (unpaired) electrons. The van der Waals surface area contributed by atoms with E-state index in [2.05, 4.69) is 25.7 Å². The van der Waals surface area contributed by atoms with Gasteiger partial charge in [0, 0.05) is 35.6 Å². The van der Waals surface area contributed by atoms with Gasteiger partial charge >= 0.3 is 0 Å². The number of ether oxygens (including phenoxy) is 1. The molecule has 2 aliphatic heterocycles. The zero-order chi connectivity index (χ0) is 16.1. The SMILES string of the molecule is O=C(C1CCCN1CCOc1ccc(Br)cc1)N1CCSCC1. The van der Waals surface area contributed by atoms with Gasteiger partial charge < -0.3 is 9.64 Å². The summed E-state index contributed by atoms with van der Waals surface area (Å²) in [5, 5.41) is 0. The topological polar surface area (TPSA) is 32.8 Å². The minimum absolute atomic E-state index is 0.0617. The van der Waals surface area contributed by atoms with Crippen LogP contribution in [0.4, 0.5) is 0 Å². The summed E-state index contributed by atoms with van der Waals surface area (Å²) in [4.78, 5) is 17.1. The maximum Gasteiger partial charge on any atom is 0.239 e. The van der Waals surface area contributed by atoms with Crippen LogP contribution in [0.2, 0.25) is 0 Å². The van der Waals surface area contributed by atoms with E-state index >= 15 is 0 Å². The van der Waals surface area contributed by atoms with E-state index in [-0.39, 0.29) is 6.04 Å². The smallest absolute Gasteiger partial charge is 0.239 e. The number of thioether (sulfide) groups is 1. The Balaban J connectivity index is 1.48. The first-order chi connectivity index (χ1) is 11.2. The molecule has 0 aromatic heterocycles. The second-order valence-corrected chi connectivity index (χ2v) is 8.07. The van der Waals surface area contributed by atoms with Crippen LogP contribution in [-0.4, -0.2) is 66.0 Å². The van der Waals surface area contributed by atoms with E-state index in [1.165, 1.54) is 0 Å². The summed E-state index contributed by atoms with van der Waals surface area (Å²) in [6.07, 6.45) is 2.10. The summed E-state index contributed by atoms with van der Waals surface area (Å²) < 4.78 is 6.86. The Bertz CT molecular complexity index is 520. The first kappa shape index (κ1) is 17.1. The Morgan fingerprint density at radius 2 is 1.96 bits per heavy atom. The van der Waals surface area contributed by atoms with Crippen molar-refractivity contribution < 1.29 is 9.53 Å². The number of carbonyl (C=O) groups is 1. The van der Waals surface area contributed by atoms with Crippen LogP contribution in [0, 0.1) is 0 Å². The largest absolute Gasteiger partial charge is 0.492 e. The number of nitrogens with zero attached hydrogens (tertiary/aromatic N) is 2. The van der Waals surface area contributed by atoms with E-state index in [0.29, 0.717) is 12.5 Å². The molecule has 1 unspecified atom stereocenters. The molecule has 2 heterocycles. The molecule has 2 aliphatic rings. The fraction of sp³-hybridized carbons (Fsp3) is 0.588. The van der Waals surface area contributed by atoms with Crippen LogP contribution in [0.5, 0.6) is 5.75 Å². The van der Waals surface area contributed by atoms with Crippen molar-refractivity contribution in [2.45, 2.75) is 18.9 Å². The summed E-state index contributed by atoms with van der Waals surface area (Å²) in [5.41, 5.74) is 0. The molecule has 3 rings (SSSR count). The normalized spacial score (nSPS) is 22.3. The molecular weight excluding hydrogens is 376 g/mol. The molecule has 23 heavy (non-hydrogen) atoms. The lowest BCUT2D eigenvalue weighted by atomic mass is 10.2. The molecule has 6 heteroatoms. The quantitative estimate of drug-likeness (QED) is 0.763. The Labute approximate surface area is 150 Å². The van der Waals surface area contributed by atoms with Crippen molar-refractivity contribution in [3.63, 3.8) is 0 Å². The molecule has 1 aromatic carbocycles. The molecule has 0 bridgehead atoms. The molecule has 0 saturated carbocycles. The molecular formula is C17H23BrN2O2S. The third-order valence-electron chi connectivity index (χ3n) is 4.43. The Morgan fingerprint density at radius 1 is 1.22 bits per heavy atom. The maximum absolute atomic E-state index is 12.7. The average Bonchev–Trinajstić information content (AvgIpc) is 3.05. The third kappa shape index (κ3) is 4.64. The number of likely N-dealkylation sites (tertiary alicyclic amines) is 1. The predicted molar refractivity (Wildman–Crippen MR) is 98.1 cm³/mol. The summed E-state index contributed by atoms with van der Waals surface area (Å²) in [6, 6.07) is 7.94. The maximum atomic E-state index is 12.7. The number of hydrogen-bond acceptors (Lipinski definition) is 4. The van der Waals surface area contributed by atoms with Crippen molar-refractivity contribution in [2.24, 2.45) is 0 Å². The molecule has 0 spiro atoms. The third-order valence-corrected chi connectivity index (χ3v) is 5.90. The van der Waals surface area contributed by atoms with Crippen LogP contribution in [-0.2, 0) is 4.79 Å². The number of amides is 1. The lowest BCUT2D eigenvalue weighted by Crippen LogP contribution is -2.49. The molecule has 0 aliphatic carbocycles. The van der Waals surface area contributed by atoms with E-state index in [1.807, 2.05) is 36.0 Å². The van der Waals surface area contributed by atoms with Gasteiger partial charge in [-0.25, -0.2) is 0 Å². The highest BCUT2D eigenvalue weighted by Crippen LogP contribution is 2.21. The van der Waals surface area contributed by atoms with E-state index in [1.54, 1.807) is 0 Å². The molecule has 1 aromatic rings. The van der Waals surface area contributed by atoms with Gasteiger partial charge in [0.2, 0.25) is 5.91 Å². The Morgan fingerprint density at radius 3 is 2.70 bits per heavy atom. The minimum Gasteiger partial charge on any atom is -0.492 e. The highest BCUT2D eigenvalue weighted by molar-refractivity contribution is 9.10. The van der Waals surface area contributed by atoms with E-state index in [9.17, 15) is 4.79 Å². The van der Waals surface area contributed by atoms with E-state index in [0.717, 1.165) is 60.7 Å². The summed E-state index contributed by atoms with van der Waals surface area (Å²) in [5.74, 6) is 3.35. The number of halogens is 1. The van der Waals surface area contributed by atoms with E-state index in [4.69, 9.17) is 4.74 Å². The van der Waals surface area contributed by atoms with Crippen LogP contribution >= 0.6 is 27.7 Å². The van der Waals surface area contributed by atoms with Gasteiger partial charge in [0.1, 0.15) is 12.4 Å². The summed E-state index contributed by atoms with van der Waals surface area (Å²) >= 11 is 5.36. The molecule has 1 amide bonds. The van der Waals surface area contributed by atoms with Crippen LogP contribution in [0.3, 0.4) is 0 Å². The van der Waals surface area contributed by atoms with Gasteiger partial charge in [-0.3, -0.25) is 9.69 Å². The fourth-order valence-corrected chi connectivity index (χ4v) is 4.35. The molecule has 2 saturated heterocycles. The van der Waals surface area contributed by atoms with Gasteiger partial charge in [-0.2, -0.15) is 11.8 Å². The van der Waals surface area contributed by atoms with Crippen LogP contribution in [0.25, 0.3) is 0 Å². The van der Waals surface area contributed by atoms with Gasteiger partial charge in [-0.05, 0) is 43.7 Å². The zero-order valence-corrected chi connectivity index (χ0v) is 15.7. The molecule has 0 N–H and O–H groups in total. The van der Waals surface area contributed by atoms with Crippen LogP contribution in [0.15, 0.2) is 28.7 Å². The van der Waals surface area contributed by atoms with Crippen molar-refractivity contribution >= 4 is 33.6 Å². The second kappa shape index (κ2) is 8.40. The highest BCUT2D eigenvalue weighted by Gasteiger charge is 2.33. The van der Waals surface area contributed by atoms with Crippen LogP contribution in [0.1, 0.15) is 12.8 Å². The molecule has 4 nitrogen and oxygen atoms in total. The van der Waals surface area contributed by atoms with E-state index < -0.39 is 0 Å². The number of benzene rings is 1. The zero-order valence-electron chi connectivity index (χ0n) is 13.2. The summed E-state index contributed by atoms with van der Waals surface area (Å²) in [7, 11) is 0. The minimum atomic E-state index is 0.0617. The summed E-state index contributed by atoms with van der Waals surface area (Å²) in [6.45, 7) is 4.26. The van der Waals surface area contributed by atoms with Crippen molar-refractivity contribution in [1.82, 2.24) is 9.80 Å². The van der Waals surface area contributed by atoms with Crippen molar-refractivity contribution in [2.75, 3.05) is 44.3 Å². The highest BCUT2D eigenvalue weighted by atomic mass is 79.9. The monoisotopic (exact) mass is 398 g/mol.